The van der Waals surface area contributed by atoms with Gasteiger partial charge >= 0.3 is 0 Å². The van der Waals surface area contributed by atoms with E-state index < -0.39 is 10.0 Å². The first kappa shape index (κ1) is 20.8. The molecule has 2 aromatic rings. The number of nitriles is 1. The molecule has 0 N–H and O–H groups in total. The van der Waals surface area contributed by atoms with Gasteiger partial charge in [0.1, 0.15) is 11.8 Å². The topological polar surface area (TPSA) is 90.7 Å². The van der Waals surface area contributed by atoms with Crippen LogP contribution in [0.15, 0.2) is 53.4 Å². The van der Waals surface area contributed by atoms with Gasteiger partial charge in [-0.15, -0.1) is 0 Å². The van der Waals surface area contributed by atoms with Gasteiger partial charge in [0.25, 0.3) is 0 Å². The van der Waals surface area contributed by atoms with Gasteiger partial charge in [-0.25, -0.2) is 8.42 Å². The van der Waals surface area contributed by atoms with E-state index >= 15 is 0 Å². The lowest BCUT2D eigenvalue weighted by Gasteiger charge is -2.34. The molecule has 0 spiro atoms. The Hall–Kier alpha value is -2.89. The Labute approximate surface area is 171 Å². The van der Waals surface area contributed by atoms with E-state index in [4.69, 9.17) is 4.74 Å². The zero-order chi connectivity index (χ0) is 20.9. The molecule has 3 rings (SSSR count). The highest BCUT2D eigenvalue weighted by Crippen LogP contribution is 2.21. The molecule has 8 heteroatoms. The Bertz CT molecular complexity index is 1000. The van der Waals surface area contributed by atoms with E-state index in [1.165, 1.54) is 16.4 Å². The highest BCUT2D eigenvalue weighted by Gasteiger charge is 2.31. The molecular formula is C21H23N3O4S. The maximum atomic E-state index is 12.8. The van der Waals surface area contributed by atoms with Crippen LogP contribution >= 0.6 is 0 Å². The van der Waals surface area contributed by atoms with Crippen molar-refractivity contribution in [2.75, 3.05) is 32.8 Å². The number of hydrogen-bond donors (Lipinski definition) is 0. The number of nitrogens with zero attached hydrogens (tertiary/aromatic N) is 3. The summed E-state index contributed by atoms with van der Waals surface area (Å²) in [7, 11) is -3.76. The van der Waals surface area contributed by atoms with Crippen LogP contribution in [0.25, 0.3) is 0 Å². The highest BCUT2D eigenvalue weighted by molar-refractivity contribution is 7.89. The average Bonchev–Trinajstić information content (AvgIpc) is 2.75. The van der Waals surface area contributed by atoms with Gasteiger partial charge in [0.2, 0.25) is 15.9 Å². The average molecular weight is 413 g/mol. The molecule has 0 saturated carbocycles. The summed E-state index contributed by atoms with van der Waals surface area (Å²) < 4.78 is 32.6. The molecule has 1 aliphatic heterocycles. The van der Waals surface area contributed by atoms with Crippen molar-refractivity contribution in [3.63, 3.8) is 0 Å². The van der Waals surface area contributed by atoms with Crippen molar-refractivity contribution in [2.24, 2.45) is 0 Å². The predicted octanol–water partition coefficient (Wildman–Crippen LogP) is 2.17. The summed E-state index contributed by atoms with van der Waals surface area (Å²) in [5.74, 6) is 0.655. The summed E-state index contributed by atoms with van der Waals surface area (Å²) >= 11 is 0. The molecule has 29 heavy (non-hydrogen) atoms. The maximum absolute atomic E-state index is 12.8. The van der Waals surface area contributed by atoms with Crippen molar-refractivity contribution in [2.45, 2.75) is 18.2 Å². The van der Waals surface area contributed by atoms with Gasteiger partial charge < -0.3 is 9.64 Å². The number of benzene rings is 2. The second-order valence-corrected chi connectivity index (χ2v) is 8.71. The highest BCUT2D eigenvalue weighted by atomic mass is 32.2. The fourth-order valence-corrected chi connectivity index (χ4v) is 4.71. The second kappa shape index (κ2) is 9.07. The fraction of sp³-hybridized carbons (Fsp3) is 0.333. The summed E-state index contributed by atoms with van der Waals surface area (Å²) in [6.07, 6.45) is 0.234. The van der Waals surface area contributed by atoms with Crippen LogP contribution in [0.4, 0.5) is 0 Å². The van der Waals surface area contributed by atoms with E-state index in [1.54, 1.807) is 17.0 Å². The first-order valence-corrected chi connectivity index (χ1v) is 10.8. The van der Waals surface area contributed by atoms with Crippen molar-refractivity contribution >= 4 is 15.9 Å². The van der Waals surface area contributed by atoms with E-state index in [0.29, 0.717) is 13.1 Å². The van der Waals surface area contributed by atoms with Gasteiger partial charge in [-0.3, -0.25) is 4.79 Å². The van der Waals surface area contributed by atoms with Gasteiger partial charge in [0.15, 0.2) is 0 Å². The molecule has 152 valence electrons. The first-order chi connectivity index (χ1) is 13.9. The molecule has 2 aromatic carbocycles. The van der Waals surface area contributed by atoms with Gasteiger partial charge in [-0.05, 0) is 31.2 Å². The number of hydrogen-bond acceptors (Lipinski definition) is 5. The Morgan fingerprint density at radius 1 is 1.07 bits per heavy atom. The number of amides is 1. The zero-order valence-electron chi connectivity index (χ0n) is 16.2. The third-order valence-corrected chi connectivity index (χ3v) is 6.78. The fourth-order valence-electron chi connectivity index (χ4n) is 3.15. The number of sulfonamides is 1. The normalized spacial score (nSPS) is 15.0. The lowest BCUT2D eigenvalue weighted by molar-refractivity contribution is -0.132. The minimum Gasteiger partial charge on any atom is -0.493 e. The quantitative estimate of drug-likeness (QED) is 0.724. The monoisotopic (exact) mass is 413 g/mol. The van der Waals surface area contributed by atoms with E-state index in [1.807, 2.05) is 37.3 Å². The third kappa shape index (κ3) is 4.94. The summed E-state index contributed by atoms with van der Waals surface area (Å²) in [5, 5.41) is 9.18. The molecule has 1 heterocycles. The Balaban J connectivity index is 1.52. The van der Waals surface area contributed by atoms with Crippen molar-refractivity contribution in [1.29, 1.82) is 5.26 Å². The van der Waals surface area contributed by atoms with Crippen LogP contribution in [0.1, 0.15) is 17.5 Å². The summed E-state index contributed by atoms with van der Waals surface area (Å²) in [5.41, 5.74) is 1.26. The van der Waals surface area contributed by atoms with Gasteiger partial charge in [-0.1, -0.05) is 29.8 Å². The molecule has 0 unspecified atom stereocenters. The maximum Gasteiger partial charge on any atom is 0.244 e. The first-order valence-electron chi connectivity index (χ1n) is 9.38. The van der Waals surface area contributed by atoms with Crippen molar-refractivity contribution in [1.82, 2.24) is 9.21 Å². The SMILES string of the molecule is Cc1ccc(OCCC(=O)N2CCN(S(=O)(=O)c3ccccc3C#N)CC2)cc1. The zero-order valence-corrected chi connectivity index (χ0v) is 17.1. The van der Waals surface area contributed by atoms with Crippen LogP contribution in [0.5, 0.6) is 5.75 Å². The van der Waals surface area contributed by atoms with Gasteiger partial charge in [-0.2, -0.15) is 9.57 Å². The lowest BCUT2D eigenvalue weighted by Crippen LogP contribution is -2.50. The number of carbonyl (C=O) groups excluding carboxylic acids is 1. The van der Waals surface area contributed by atoms with Crippen molar-refractivity contribution in [3.8, 4) is 11.8 Å². The number of ether oxygens (including phenoxy) is 1. The van der Waals surface area contributed by atoms with Crippen LogP contribution in [0, 0.1) is 18.3 Å². The lowest BCUT2D eigenvalue weighted by atomic mass is 10.2. The van der Waals surface area contributed by atoms with Crippen LogP contribution in [0.2, 0.25) is 0 Å². The molecule has 0 radical (unpaired) electrons. The molecule has 1 amide bonds. The number of carbonyl (C=O) groups is 1. The molecular weight excluding hydrogens is 390 g/mol. The van der Waals surface area contributed by atoms with Crippen LogP contribution in [-0.2, 0) is 14.8 Å². The van der Waals surface area contributed by atoms with Gasteiger partial charge in [0.05, 0.1) is 23.5 Å². The Kier molecular flexibility index (Phi) is 6.52. The molecule has 1 saturated heterocycles. The largest absolute Gasteiger partial charge is 0.493 e. The molecule has 0 atom stereocenters. The molecule has 7 nitrogen and oxygen atoms in total. The molecule has 1 fully saturated rings. The number of piperazine rings is 1. The van der Waals surface area contributed by atoms with E-state index in [9.17, 15) is 18.5 Å². The van der Waals surface area contributed by atoms with Gasteiger partial charge in [0, 0.05) is 26.2 Å². The van der Waals surface area contributed by atoms with Crippen molar-refractivity contribution < 1.29 is 17.9 Å². The minimum absolute atomic E-state index is 0.00812. The van der Waals surface area contributed by atoms with Crippen LogP contribution in [-0.4, -0.2) is 56.3 Å². The Morgan fingerprint density at radius 3 is 2.38 bits per heavy atom. The molecule has 1 aliphatic rings. The minimum atomic E-state index is -3.76. The summed E-state index contributed by atoms with van der Waals surface area (Å²) in [6.45, 7) is 3.30. The van der Waals surface area contributed by atoms with E-state index in [2.05, 4.69) is 0 Å². The van der Waals surface area contributed by atoms with Crippen LogP contribution < -0.4 is 4.74 Å². The van der Waals surface area contributed by atoms with E-state index in [-0.39, 0.29) is 42.5 Å². The number of aryl methyl sites for hydroxylation is 1. The predicted molar refractivity (Wildman–Crippen MR) is 108 cm³/mol. The summed E-state index contributed by atoms with van der Waals surface area (Å²) in [6, 6.07) is 15.7. The standard InChI is InChI=1S/C21H23N3O4S/c1-17-6-8-19(9-7-17)28-15-10-21(25)23-11-13-24(14-12-23)29(26,27)20-5-3-2-4-18(20)16-22/h2-9H,10-15H2,1H3. The van der Waals surface area contributed by atoms with Crippen molar-refractivity contribution in [3.05, 3.63) is 59.7 Å². The number of rotatable bonds is 6. The molecule has 0 aromatic heterocycles. The Morgan fingerprint density at radius 2 is 1.72 bits per heavy atom. The smallest absolute Gasteiger partial charge is 0.244 e. The third-order valence-electron chi connectivity index (χ3n) is 4.82. The van der Waals surface area contributed by atoms with Crippen LogP contribution in [0.3, 0.4) is 0 Å². The second-order valence-electron chi connectivity index (χ2n) is 6.80. The molecule has 0 aliphatic carbocycles. The summed E-state index contributed by atoms with van der Waals surface area (Å²) in [4.78, 5) is 14.1. The molecule has 0 bridgehead atoms. The van der Waals surface area contributed by atoms with E-state index in [0.717, 1.165) is 11.3 Å².